The van der Waals surface area contributed by atoms with Crippen LogP contribution in [0.3, 0.4) is 0 Å². The molecule has 0 unspecified atom stereocenters. The number of nitrogens with one attached hydrogen (secondary N) is 1. The molecule has 2 aromatic rings. The Balaban J connectivity index is 1.24. The van der Waals surface area contributed by atoms with Crippen LogP contribution < -0.4 is 10.2 Å². The summed E-state index contributed by atoms with van der Waals surface area (Å²) in [5.74, 6) is -1.05. The molecule has 4 atom stereocenters. The Morgan fingerprint density at radius 3 is 2.38 bits per heavy atom. The molecule has 1 aliphatic heterocycles. The quantitative estimate of drug-likeness (QED) is 0.240. The molecule has 47 heavy (non-hydrogen) atoms. The molecule has 1 N–H and O–H groups in total. The van der Waals surface area contributed by atoms with Crippen LogP contribution in [0.1, 0.15) is 78.6 Å². The van der Waals surface area contributed by atoms with Gasteiger partial charge in [0.1, 0.15) is 12.1 Å². The van der Waals surface area contributed by atoms with Crippen LogP contribution in [0.15, 0.2) is 55.4 Å². The second-order valence-electron chi connectivity index (χ2n) is 15.2. The van der Waals surface area contributed by atoms with Gasteiger partial charge in [-0.05, 0) is 92.5 Å². The molecule has 6 rings (SSSR count). The van der Waals surface area contributed by atoms with E-state index >= 15 is 0 Å². The maximum Gasteiger partial charge on any atom is 0.306 e. The number of hydrogen-bond acceptors (Lipinski definition) is 7. The average molecular weight is 644 g/mol. The van der Waals surface area contributed by atoms with Gasteiger partial charge in [-0.1, -0.05) is 26.8 Å². The van der Waals surface area contributed by atoms with Crippen LogP contribution in [-0.4, -0.2) is 70.2 Å². The van der Waals surface area contributed by atoms with Gasteiger partial charge in [-0.15, -0.1) is 6.58 Å². The summed E-state index contributed by atoms with van der Waals surface area (Å²) in [5.41, 5.74) is 0.396. The number of amides is 2. The van der Waals surface area contributed by atoms with Crippen molar-refractivity contribution in [3.63, 3.8) is 0 Å². The minimum Gasteiger partial charge on any atom is -0.462 e. The number of anilines is 1. The molecule has 1 saturated heterocycles. The standard InChI is InChI=1S/C37H49N5O5/c1-5-26-20-37(26,35(46)38-22-25-11-12-25)21-32(43)31-23-40(27-13-15-28(16-14-27)42-18-8-17-39-42)24-41(31)34(45)30(36(2,3)4)19-33(44)47-29-9-6-7-10-29/h5,8,13-18,25-26,29-31H,1,6-7,9-12,19-24H2,2-4H3,(H,38,46)/t26-,30-,31+,37-/m1/s1. The Bertz CT molecular complexity index is 1470. The van der Waals surface area contributed by atoms with Crippen LogP contribution in [0.5, 0.6) is 0 Å². The predicted molar refractivity (Wildman–Crippen MR) is 178 cm³/mol. The second kappa shape index (κ2) is 13.3. The molecule has 2 amide bonds. The summed E-state index contributed by atoms with van der Waals surface area (Å²) in [4.78, 5) is 59.1. The Labute approximate surface area is 277 Å². The lowest BCUT2D eigenvalue weighted by molar-refractivity contribution is -0.156. The molecule has 10 heteroatoms. The molecule has 0 radical (unpaired) electrons. The summed E-state index contributed by atoms with van der Waals surface area (Å²) in [6.45, 7) is 10.9. The summed E-state index contributed by atoms with van der Waals surface area (Å²) in [6, 6.07) is 8.95. The van der Waals surface area contributed by atoms with E-state index in [4.69, 9.17) is 4.74 Å². The number of rotatable bonds is 13. The fraction of sp³-hybridized carbons (Fsp3) is 0.595. The summed E-state index contributed by atoms with van der Waals surface area (Å²) in [5, 5.41) is 7.40. The fourth-order valence-electron chi connectivity index (χ4n) is 7.29. The van der Waals surface area contributed by atoms with Gasteiger partial charge in [0.15, 0.2) is 5.78 Å². The van der Waals surface area contributed by atoms with Crippen molar-refractivity contribution in [2.75, 3.05) is 24.7 Å². The van der Waals surface area contributed by atoms with Gasteiger partial charge in [0.25, 0.3) is 0 Å². The summed E-state index contributed by atoms with van der Waals surface area (Å²) in [6.07, 6.45) is 11.9. The van der Waals surface area contributed by atoms with Crippen molar-refractivity contribution in [3.8, 4) is 5.69 Å². The summed E-state index contributed by atoms with van der Waals surface area (Å²) in [7, 11) is 0. The van der Waals surface area contributed by atoms with Gasteiger partial charge in [0.05, 0.1) is 30.1 Å². The van der Waals surface area contributed by atoms with E-state index in [1.165, 1.54) is 0 Å². The highest BCUT2D eigenvalue weighted by molar-refractivity contribution is 5.97. The van der Waals surface area contributed by atoms with Gasteiger partial charge < -0.3 is 19.9 Å². The third-order valence-corrected chi connectivity index (χ3v) is 10.7. The zero-order valence-corrected chi connectivity index (χ0v) is 28.0. The van der Waals surface area contributed by atoms with Gasteiger partial charge in [-0.25, -0.2) is 4.68 Å². The number of benzene rings is 1. The van der Waals surface area contributed by atoms with E-state index in [9.17, 15) is 19.2 Å². The van der Waals surface area contributed by atoms with Gasteiger partial charge >= 0.3 is 5.97 Å². The van der Waals surface area contributed by atoms with Crippen molar-refractivity contribution in [1.29, 1.82) is 0 Å². The van der Waals surface area contributed by atoms with Crippen LogP contribution in [0.4, 0.5) is 5.69 Å². The highest BCUT2D eigenvalue weighted by Gasteiger charge is 2.60. The number of nitrogens with zero attached hydrogens (tertiary/aromatic N) is 4. The van der Waals surface area contributed by atoms with E-state index in [-0.39, 0.29) is 55.1 Å². The second-order valence-corrected chi connectivity index (χ2v) is 15.2. The Morgan fingerprint density at radius 1 is 1.09 bits per heavy atom. The molecular weight excluding hydrogens is 594 g/mol. The Kier molecular flexibility index (Phi) is 9.31. The molecule has 4 aliphatic rings. The number of Topliss-reactive ketones (excluding diaryl/α,β-unsaturated/α-hetero) is 1. The maximum atomic E-state index is 14.5. The zero-order chi connectivity index (χ0) is 33.3. The molecule has 0 spiro atoms. The lowest BCUT2D eigenvalue weighted by Crippen LogP contribution is -2.49. The van der Waals surface area contributed by atoms with Crippen LogP contribution in [-0.2, 0) is 23.9 Å². The molecule has 1 aromatic carbocycles. The highest BCUT2D eigenvalue weighted by Crippen LogP contribution is 2.56. The number of esters is 1. The van der Waals surface area contributed by atoms with Gasteiger partial charge in [0.2, 0.25) is 11.8 Å². The van der Waals surface area contributed by atoms with E-state index in [1.807, 2.05) is 62.2 Å². The molecule has 2 heterocycles. The lowest BCUT2D eigenvalue weighted by atomic mass is 9.77. The first-order valence-electron chi connectivity index (χ1n) is 17.3. The number of hydrogen-bond donors (Lipinski definition) is 1. The van der Waals surface area contributed by atoms with Crippen LogP contribution in [0.2, 0.25) is 0 Å². The van der Waals surface area contributed by atoms with Crippen LogP contribution in [0.25, 0.3) is 5.69 Å². The number of carbonyl (C=O) groups is 4. The lowest BCUT2D eigenvalue weighted by Gasteiger charge is -2.34. The predicted octanol–water partition coefficient (Wildman–Crippen LogP) is 5.06. The number of ether oxygens (including phenoxy) is 1. The molecule has 0 bridgehead atoms. The van der Waals surface area contributed by atoms with E-state index in [0.717, 1.165) is 49.9 Å². The molecule has 3 saturated carbocycles. The number of allylic oxidation sites excluding steroid dienone is 1. The van der Waals surface area contributed by atoms with Crippen molar-refractivity contribution in [1.82, 2.24) is 20.0 Å². The van der Waals surface area contributed by atoms with E-state index < -0.39 is 22.8 Å². The number of ketones is 1. The van der Waals surface area contributed by atoms with Crippen molar-refractivity contribution < 1.29 is 23.9 Å². The van der Waals surface area contributed by atoms with Crippen molar-refractivity contribution in [2.45, 2.75) is 90.7 Å². The molecule has 252 valence electrons. The normalized spacial score (nSPS) is 25.0. The van der Waals surface area contributed by atoms with Crippen molar-refractivity contribution >= 4 is 29.3 Å². The third-order valence-electron chi connectivity index (χ3n) is 10.7. The zero-order valence-electron chi connectivity index (χ0n) is 28.0. The summed E-state index contributed by atoms with van der Waals surface area (Å²) < 4.78 is 7.55. The summed E-state index contributed by atoms with van der Waals surface area (Å²) >= 11 is 0. The first-order chi connectivity index (χ1) is 22.5. The minimum atomic E-state index is -0.824. The van der Waals surface area contributed by atoms with Crippen molar-refractivity contribution in [2.24, 2.45) is 28.6 Å². The Morgan fingerprint density at radius 2 is 1.79 bits per heavy atom. The van der Waals surface area contributed by atoms with Crippen molar-refractivity contribution in [3.05, 3.63) is 55.4 Å². The molecule has 10 nitrogen and oxygen atoms in total. The third kappa shape index (κ3) is 7.31. The van der Waals surface area contributed by atoms with Gasteiger partial charge in [-0.3, -0.25) is 19.2 Å². The maximum absolute atomic E-state index is 14.5. The Hall–Kier alpha value is -3.95. The van der Waals surface area contributed by atoms with Gasteiger partial charge in [-0.2, -0.15) is 5.10 Å². The molecular formula is C37H49N5O5. The molecule has 4 fully saturated rings. The number of aromatic nitrogens is 2. The average Bonchev–Trinajstić information content (AvgIpc) is 3.71. The van der Waals surface area contributed by atoms with Crippen LogP contribution in [0, 0.1) is 28.6 Å². The smallest absolute Gasteiger partial charge is 0.306 e. The SMILES string of the molecule is C=C[C@@H]1C[C@]1(CC(=O)[C@@H]1CN(c2ccc(-n3cccn3)cc2)CN1C(=O)[C@@H](CC(=O)OC1CCCC1)C(C)(C)C)C(=O)NCC1CC1. The first-order valence-corrected chi connectivity index (χ1v) is 17.3. The highest BCUT2D eigenvalue weighted by atomic mass is 16.5. The largest absolute Gasteiger partial charge is 0.462 e. The fourth-order valence-corrected chi connectivity index (χ4v) is 7.29. The topological polar surface area (TPSA) is 114 Å². The first kappa shape index (κ1) is 33.0. The van der Waals surface area contributed by atoms with E-state index in [2.05, 4.69) is 17.0 Å². The van der Waals surface area contributed by atoms with Crippen LogP contribution >= 0.6 is 0 Å². The molecule has 1 aromatic heterocycles. The minimum absolute atomic E-state index is 0.0408. The number of carbonyl (C=O) groups excluding carboxylic acids is 4. The monoisotopic (exact) mass is 643 g/mol. The van der Waals surface area contributed by atoms with Gasteiger partial charge in [0, 0.05) is 37.6 Å². The van der Waals surface area contributed by atoms with E-state index in [1.54, 1.807) is 21.9 Å². The van der Waals surface area contributed by atoms with E-state index in [0.29, 0.717) is 25.4 Å². The molecule has 3 aliphatic carbocycles.